The van der Waals surface area contributed by atoms with Crippen molar-refractivity contribution in [3.05, 3.63) is 92.6 Å². The number of hydrogen-bond donors (Lipinski definition) is 0. The predicted molar refractivity (Wildman–Crippen MR) is 145 cm³/mol. The first-order valence-electron chi connectivity index (χ1n) is 12.7. The van der Waals surface area contributed by atoms with Gasteiger partial charge >= 0.3 is 0 Å². The van der Waals surface area contributed by atoms with Crippen LogP contribution >= 0.6 is 11.6 Å². The van der Waals surface area contributed by atoms with Gasteiger partial charge in [0.1, 0.15) is 12.4 Å². The molecule has 0 spiro atoms. The number of likely N-dealkylation sites (N-methyl/N-ethyl adjacent to an activating group) is 1. The van der Waals surface area contributed by atoms with E-state index < -0.39 is 0 Å². The minimum Gasteiger partial charge on any atom is -0.487 e. The smallest absolute Gasteiger partial charge is 0.258 e. The molecule has 1 aliphatic carbocycles. The van der Waals surface area contributed by atoms with Crippen LogP contribution in [0, 0.1) is 0 Å². The molecule has 0 radical (unpaired) electrons. The van der Waals surface area contributed by atoms with Gasteiger partial charge in [-0.1, -0.05) is 36.7 Å². The molecule has 188 valence electrons. The number of halogens is 1. The van der Waals surface area contributed by atoms with Crippen LogP contribution in [0.5, 0.6) is 5.75 Å². The van der Waals surface area contributed by atoms with Crippen molar-refractivity contribution in [2.45, 2.75) is 45.4 Å². The lowest BCUT2D eigenvalue weighted by molar-refractivity contribution is 0.238. The minimum absolute atomic E-state index is 0.0940. The van der Waals surface area contributed by atoms with Crippen LogP contribution in [-0.2, 0) is 19.6 Å². The highest BCUT2D eigenvalue weighted by molar-refractivity contribution is 6.30. The largest absolute Gasteiger partial charge is 0.487 e. The van der Waals surface area contributed by atoms with Crippen molar-refractivity contribution in [1.29, 1.82) is 0 Å². The number of aromatic nitrogens is 2. The number of benzene rings is 1. The van der Waals surface area contributed by atoms with Gasteiger partial charge in [0, 0.05) is 49.8 Å². The van der Waals surface area contributed by atoms with Gasteiger partial charge in [0.15, 0.2) is 0 Å². The molecule has 3 heterocycles. The zero-order valence-corrected chi connectivity index (χ0v) is 21.7. The van der Waals surface area contributed by atoms with Crippen LogP contribution in [0.4, 0.5) is 0 Å². The summed E-state index contributed by atoms with van der Waals surface area (Å²) in [7, 11) is 2.22. The Hall–Kier alpha value is -2.93. The van der Waals surface area contributed by atoms with Gasteiger partial charge in [-0.3, -0.25) is 19.2 Å². The summed E-state index contributed by atoms with van der Waals surface area (Å²) in [6.07, 6.45) is 8.54. The van der Waals surface area contributed by atoms with Gasteiger partial charge in [-0.05, 0) is 73.8 Å². The maximum atomic E-state index is 12.9. The van der Waals surface area contributed by atoms with Gasteiger partial charge in [-0.2, -0.15) is 0 Å². The van der Waals surface area contributed by atoms with E-state index in [9.17, 15) is 4.79 Å². The highest BCUT2D eigenvalue weighted by Gasteiger charge is 2.25. The van der Waals surface area contributed by atoms with E-state index in [1.807, 2.05) is 12.1 Å². The standard InChI is InChI=1S/C29H33ClN4O2/c1-3-32(2)27-10-12-33(19-27)18-21-4-5-23-15-26(9-6-22(23)14-21)34-13-11-28(16-29(34)35)36-20-25-8-7-24(30)17-31-25/h4-5,7-8,11,13-17,27H,3,6,9-10,12,18-20H2,1-2H3/t27-/m1/s1. The van der Waals surface area contributed by atoms with E-state index in [0.717, 1.165) is 50.4 Å². The highest BCUT2D eigenvalue weighted by atomic mass is 35.5. The molecular formula is C29H33ClN4O2. The first kappa shape index (κ1) is 24.8. The van der Waals surface area contributed by atoms with Crippen molar-refractivity contribution in [2.24, 2.45) is 0 Å². The van der Waals surface area contributed by atoms with Gasteiger partial charge in [0.05, 0.1) is 10.7 Å². The number of pyridine rings is 2. The van der Waals surface area contributed by atoms with Crippen LogP contribution in [0.15, 0.2) is 59.7 Å². The van der Waals surface area contributed by atoms with Gasteiger partial charge in [0.25, 0.3) is 5.56 Å². The zero-order valence-electron chi connectivity index (χ0n) is 21.0. The third-order valence-corrected chi connectivity index (χ3v) is 7.56. The molecule has 1 saturated heterocycles. The second kappa shape index (κ2) is 11.0. The maximum absolute atomic E-state index is 12.9. The Kier molecular flexibility index (Phi) is 7.56. The molecule has 0 amide bonds. The SMILES string of the molecule is CCN(C)[C@@H]1CCN(Cc2ccc3c(c2)CCC(n2ccc(OCc4ccc(Cl)cn4)cc2=O)=C3)C1. The summed E-state index contributed by atoms with van der Waals surface area (Å²) in [5.41, 5.74) is 5.61. The number of nitrogens with zero attached hydrogens (tertiary/aromatic N) is 4. The van der Waals surface area contributed by atoms with E-state index in [4.69, 9.17) is 16.3 Å². The Labute approximate surface area is 217 Å². The molecule has 2 aliphatic rings. The molecule has 1 aromatic carbocycles. The van der Waals surface area contributed by atoms with E-state index in [2.05, 4.69) is 53.0 Å². The Balaban J connectivity index is 1.24. The number of aryl methyl sites for hydroxylation is 1. The van der Waals surface area contributed by atoms with Gasteiger partial charge in [0.2, 0.25) is 0 Å². The van der Waals surface area contributed by atoms with Crippen molar-refractivity contribution < 1.29 is 4.74 Å². The van der Waals surface area contributed by atoms with Crippen LogP contribution in [0.3, 0.4) is 0 Å². The molecule has 36 heavy (non-hydrogen) atoms. The fourth-order valence-corrected chi connectivity index (χ4v) is 5.20. The summed E-state index contributed by atoms with van der Waals surface area (Å²) in [6.45, 7) is 6.92. The molecule has 0 saturated carbocycles. The van der Waals surface area contributed by atoms with Crippen molar-refractivity contribution in [3.63, 3.8) is 0 Å². The minimum atomic E-state index is -0.0940. The third kappa shape index (κ3) is 5.72. The van der Waals surface area contributed by atoms with E-state index in [1.54, 1.807) is 23.0 Å². The molecule has 1 atom stereocenters. The number of ether oxygens (including phenoxy) is 1. The molecule has 6 nitrogen and oxygen atoms in total. The topological polar surface area (TPSA) is 50.6 Å². The molecule has 3 aromatic rings. The van der Waals surface area contributed by atoms with Gasteiger partial charge < -0.3 is 9.64 Å². The average molecular weight is 505 g/mol. The lowest BCUT2D eigenvalue weighted by Crippen LogP contribution is -2.34. The van der Waals surface area contributed by atoms with E-state index in [1.165, 1.54) is 29.2 Å². The molecule has 1 aliphatic heterocycles. The van der Waals surface area contributed by atoms with Crippen LogP contribution in [-0.4, -0.2) is 52.1 Å². The van der Waals surface area contributed by atoms with E-state index >= 15 is 0 Å². The Morgan fingerprint density at radius 2 is 2.06 bits per heavy atom. The van der Waals surface area contributed by atoms with Crippen LogP contribution in [0.2, 0.25) is 5.02 Å². The molecule has 0 unspecified atom stereocenters. The molecule has 0 bridgehead atoms. The van der Waals surface area contributed by atoms with Crippen molar-refractivity contribution >= 4 is 23.4 Å². The Morgan fingerprint density at radius 3 is 2.83 bits per heavy atom. The fraction of sp³-hybridized carbons (Fsp3) is 0.379. The second-order valence-electron chi connectivity index (χ2n) is 9.75. The molecule has 0 N–H and O–H groups in total. The summed E-state index contributed by atoms with van der Waals surface area (Å²) in [6, 6.07) is 14.4. The van der Waals surface area contributed by atoms with Crippen LogP contribution < -0.4 is 10.3 Å². The molecule has 2 aromatic heterocycles. The molecule has 1 fully saturated rings. The van der Waals surface area contributed by atoms with Crippen LogP contribution in [0.1, 0.15) is 42.1 Å². The van der Waals surface area contributed by atoms with Gasteiger partial charge in [-0.25, -0.2) is 0 Å². The predicted octanol–water partition coefficient (Wildman–Crippen LogP) is 4.95. The lowest BCUT2D eigenvalue weighted by atomic mass is 9.93. The molecular weight excluding hydrogens is 472 g/mol. The fourth-order valence-electron chi connectivity index (χ4n) is 5.09. The van der Waals surface area contributed by atoms with Gasteiger partial charge in [-0.15, -0.1) is 0 Å². The van der Waals surface area contributed by atoms with Crippen molar-refractivity contribution in [3.8, 4) is 5.75 Å². The average Bonchev–Trinajstić information content (AvgIpc) is 3.36. The highest BCUT2D eigenvalue weighted by Crippen LogP contribution is 2.28. The number of hydrogen-bond acceptors (Lipinski definition) is 5. The Bertz CT molecular complexity index is 1300. The first-order chi connectivity index (χ1) is 17.5. The number of allylic oxidation sites excluding steroid dienone is 1. The Morgan fingerprint density at radius 1 is 1.17 bits per heavy atom. The number of rotatable bonds is 8. The van der Waals surface area contributed by atoms with E-state index in [0.29, 0.717) is 16.8 Å². The summed E-state index contributed by atoms with van der Waals surface area (Å²) in [5, 5.41) is 0.583. The summed E-state index contributed by atoms with van der Waals surface area (Å²) >= 11 is 5.88. The third-order valence-electron chi connectivity index (χ3n) is 7.33. The van der Waals surface area contributed by atoms with E-state index in [-0.39, 0.29) is 12.2 Å². The van der Waals surface area contributed by atoms with Crippen LogP contribution in [0.25, 0.3) is 11.8 Å². The second-order valence-corrected chi connectivity index (χ2v) is 10.2. The number of likely N-dealkylation sites (tertiary alicyclic amines) is 1. The summed E-state index contributed by atoms with van der Waals surface area (Å²) in [4.78, 5) is 22.1. The van der Waals surface area contributed by atoms with Crippen molar-refractivity contribution in [1.82, 2.24) is 19.4 Å². The maximum Gasteiger partial charge on any atom is 0.258 e. The monoisotopic (exact) mass is 504 g/mol. The van der Waals surface area contributed by atoms with Crippen molar-refractivity contribution in [2.75, 3.05) is 26.7 Å². The molecule has 7 heteroatoms. The molecule has 5 rings (SSSR count). The normalized spacial score (nSPS) is 17.8. The zero-order chi connectivity index (χ0) is 25.1. The summed E-state index contributed by atoms with van der Waals surface area (Å²) < 4.78 is 7.48. The lowest BCUT2D eigenvalue weighted by Gasteiger charge is -2.23. The first-order valence-corrected chi connectivity index (χ1v) is 13.1. The quantitative estimate of drug-likeness (QED) is 0.434. The number of fused-ring (bicyclic) bond motifs is 1. The summed E-state index contributed by atoms with van der Waals surface area (Å²) in [5.74, 6) is 0.531.